The molecule has 1 N–H and O–H groups in total. The summed E-state index contributed by atoms with van der Waals surface area (Å²) in [6.07, 6.45) is 3.67. The fourth-order valence-electron chi connectivity index (χ4n) is 1.94. The van der Waals surface area contributed by atoms with Gasteiger partial charge in [0.25, 0.3) is 11.5 Å². The highest BCUT2D eigenvalue weighted by Gasteiger charge is 2.08. The predicted molar refractivity (Wildman–Crippen MR) is 83.7 cm³/mol. The maximum atomic E-state index is 12.0. The number of nitrogens with one attached hydrogen (secondary N) is 1. The Kier molecular flexibility index (Phi) is 5.27. The monoisotopic (exact) mass is 305 g/mol. The highest BCUT2D eigenvalue weighted by molar-refractivity contribution is 7.09. The summed E-state index contributed by atoms with van der Waals surface area (Å²) in [7, 11) is 0. The molecule has 2 aromatic rings. The first-order chi connectivity index (χ1) is 10.1. The smallest absolute Gasteiger partial charge is 0.251 e. The molecule has 2 rings (SSSR count). The molecular formula is C15H19N3O2S. The molecule has 2 aromatic heterocycles. The number of pyridine rings is 1. The maximum Gasteiger partial charge on any atom is 0.251 e. The second kappa shape index (κ2) is 7.17. The summed E-state index contributed by atoms with van der Waals surface area (Å²) in [6.45, 7) is 4.98. The minimum absolute atomic E-state index is 0.163. The first-order valence-corrected chi connectivity index (χ1v) is 7.94. The largest absolute Gasteiger partial charge is 0.346 e. The Balaban J connectivity index is 1.97. The Morgan fingerprint density at radius 3 is 2.90 bits per heavy atom. The standard InChI is InChI=1S/C15H19N3O2S/c1-3-5-13-17-12(10-21-13)9-16-15(20)11-6-7-18(4-2)14(19)8-11/h6-8,10H,3-5,9H2,1-2H3,(H,16,20). The third kappa shape index (κ3) is 4.01. The van der Waals surface area contributed by atoms with Crippen molar-refractivity contribution in [3.05, 3.63) is 50.3 Å². The van der Waals surface area contributed by atoms with Crippen molar-refractivity contribution in [1.29, 1.82) is 0 Å². The number of amides is 1. The highest BCUT2D eigenvalue weighted by atomic mass is 32.1. The van der Waals surface area contributed by atoms with Crippen molar-refractivity contribution < 1.29 is 4.79 Å². The molecule has 0 aliphatic heterocycles. The number of thiazole rings is 1. The first-order valence-electron chi connectivity index (χ1n) is 7.06. The van der Waals surface area contributed by atoms with Gasteiger partial charge in [-0.25, -0.2) is 4.98 Å². The van der Waals surface area contributed by atoms with Crippen molar-refractivity contribution in [2.24, 2.45) is 0 Å². The molecule has 0 aliphatic carbocycles. The molecular weight excluding hydrogens is 286 g/mol. The lowest BCUT2D eigenvalue weighted by molar-refractivity contribution is 0.0950. The summed E-state index contributed by atoms with van der Waals surface area (Å²) in [5.74, 6) is -0.250. The molecule has 6 heteroatoms. The van der Waals surface area contributed by atoms with Gasteiger partial charge in [-0.1, -0.05) is 6.92 Å². The molecule has 1 amide bonds. The van der Waals surface area contributed by atoms with Gasteiger partial charge in [0.1, 0.15) is 0 Å². The molecule has 0 radical (unpaired) electrons. The molecule has 0 aliphatic rings. The Hall–Kier alpha value is -1.95. The van der Waals surface area contributed by atoms with Crippen LogP contribution in [0.3, 0.4) is 0 Å². The molecule has 0 fully saturated rings. The number of nitrogens with zero attached hydrogens (tertiary/aromatic N) is 2. The van der Waals surface area contributed by atoms with Gasteiger partial charge < -0.3 is 9.88 Å². The van der Waals surface area contributed by atoms with Crippen molar-refractivity contribution in [1.82, 2.24) is 14.9 Å². The van der Waals surface area contributed by atoms with Gasteiger partial charge in [0, 0.05) is 29.8 Å². The molecule has 0 spiro atoms. The van der Waals surface area contributed by atoms with Crippen LogP contribution in [0.2, 0.25) is 0 Å². The van der Waals surface area contributed by atoms with Gasteiger partial charge in [0.2, 0.25) is 0 Å². The van der Waals surface area contributed by atoms with E-state index >= 15 is 0 Å². The minimum Gasteiger partial charge on any atom is -0.346 e. The van der Waals surface area contributed by atoms with Crippen LogP contribution in [0.4, 0.5) is 0 Å². The van der Waals surface area contributed by atoms with E-state index in [4.69, 9.17) is 0 Å². The molecule has 0 unspecified atom stereocenters. The summed E-state index contributed by atoms with van der Waals surface area (Å²) >= 11 is 1.61. The van der Waals surface area contributed by atoms with E-state index in [9.17, 15) is 9.59 Å². The molecule has 0 saturated heterocycles. The molecule has 2 heterocycles. The Bertz CT molecular complexity index is 676. The molecule has 0 bridgehead atoms. The van der Waals surface area contributed by atoms with Gasteiger partial charge in [0.15, 0.2) is 0 Å². The fraction of sp³-hybridized carbons (Fsp3) is 0.400. The van der Waals surface area contributed by atoms with Gasteiger partial charge in [-0.3, -0.25) is 9.59 Å². The Labute approximate surface area is 127 Å². The quantitative estimate of drug-likeness (QED) is 0.890. The molecule has 5 nitrogen and oxygen atoms in total. The minimum atomic E-state index is -0.250. The lowest BCUT2D eigenvalue weighted by Crippen LogP contribution is -2.26. The third-order valence-corrected chi connectivity index (χ3v) is 4.05. The second-order valence-corrected chi connectivity index (χ2v) is 5.65. The van der Waals surface area contributed by atoms with Gasteiger partial charge in [-0.15, -0.1) is 11.3 Å². The zero-order valence-electron chi connectivity index (χ0n) is 12.3. The molecule has 0 saturated carbocycles. The number of hydrogen-bond donors (Lipinski definition) is 1. The third-order valence-electron chi connectivity index (χ3n) is 3.09. The summed E-state index contributed by atoms with van der Waals surface area (Å²) in [6, 6.07) is 3.02. The van der Waals surface area contributed by atoms with Crippen LogP contribution >= 0.6 is 11.3 Å². The number of carbonyl (C=O) groups excluding carboxylic acids is 1. The Morgan fingerprint density at radius 2 is 2.24 bits per heavy atom. The normalized spacial score (nSPS) is 10.6. The highest BCUT2D eigenvalue weighted by Crippen LogP contribution is 2.11. The number of hydrogen-bond acceptors (Lipinski definition) is 4. The fourth-order valence-corrected chi connectivity index (χ4v) is 2.84. The van der Waals surface area contributed by atoms with Crippen LogP contribution in [-0.4, -0.2) is 15.5 Å². The average molecular weight is 305 g/mol. The summed E-state index contributed by atoms with van der Waals surface area (Å²) in [4.78, 5) is 28.2. The summed E-state index contributed by atoms with van der Waals surface area (Å²) in [5.41, 5.74) is 1.08. The first kappa shape index (κ1) is 15.4. The summed E-state index contributed by atoms with van der Waals surface area (Å²) in [5, 5.41) is 5.84. The molecule has 112 valence electrons. The van der Waals surface area contributed by atoms with Crippen LogP contribution in [-0.2, 0) is 19.5 Å². The van der Waals surface area contributed by atoms with E-state index in [1.54, 1.807) is 28.2 Å². The topological polar surface area (TPSA) is 64.0 Å². The van der Waals surface area contributed by atoms with E-state index in [0.29, 0.717) is 18.7 Å². The van der Waals surface area contributed by atoms with Gasteiger partial charge >= 0.3 is 0 Å². The van der Waals surface area contributed by atoms with Crippen molar-refractivity contribution in [3.63, 3.8) is 0 Å². The molecule has 0 atom stereocenters. The van der Waals surface area contributed by atoms with E-state index in [0.717, 1.165) is 23.5 Å². The summed E-state index contributed by atoms with van der Waals surface area (Å²) < 4.78 is 1.55. The zero-order chi connectivity index (χ0) is 15.2. The van der Waals surface area contributed by atoms with Crippen LogP contribution < -0.4 is 10.9 Å². The molecule has 21 heavy (non-hydrogen) atoms. The van der Waals surface area contributed by atoms with Crippen molar-refractivity contribution >= 4 is 17.2 Å². The van der Waals surface area contributed by atoms with Crippen LogP contribution in [0.15, 0.2) is 28.5 Å². The maximum absolute atomic E-state index is 12.0. The number of aryl methyl sites for hydroxylation is 2. The molecule has 0 aromatic carbocycles. The Morgan fingerprint density at radius 1 is 1.43 bits per heavy atom. The lowest BCUT2D eigenvalue weighted by Gasteiger charge is -2.05. The van der Waals surface area contributed by atoms with Gasteiger partial charge in [-0.05, 0) is 25.8 Å². The lowest BCUT2D eigenvalue weighted by atomic mass is 10.2. The van der Waals surface area contributed by atoms with Crippen molar-refractivity contribution in [3.8, 4) is 0 Å². The second-order valence-electron chi connectivity index (χ2n) is 4.70. The van der Waals surface area contributed by atoms with Crippen LogP contribution in [0.5, 0.6) is 0 Å². The van der Waals surface area contributed by atoms with Crippen LogP contribution in [0, 0.1) is 0 Å². The van der Waals surface area contributed by atoms with E-state index in [1.807, 2.05) is 12.3 Å². The number of rotatable bonds is 6. The van der Waals surface area contributed by atoms with Gasteiger partial charge in [-0.2, -0.15) is 0 Å². The predicted octanol–water partition coefficient (Wildman–Crippen LogP) is 2.21. The van der Waals surface area contributed by atoms with E-state index in [1.165, 1.54) is 6.07 Å². The van der Waals surface area contributed by atoms with E-state index in [2.05, 4.69) is 17.2 Å². The van der Waals surface area contributed by atoms with Crippen molar-refractivity contribution in [2.75, 3.05) is 0 Å². The van der Waals surface area contributed by atoms with E-state index in [-0.39, 0.29) is 11.5 Å². The zero-order valence-corrected chi connectivity index (χ0v) is 13.1. The van der Waals surface area contributed by atoms with Crippen molar-refractivity contribution in [2.45, 2.75) is 39.8 Å². The van der Waals surface area contributed by atoms with Crippen LogP contribution in [0.25, 0.3) is 0 Å². The van der Waals surface area contributed by atoms with Crippen LogP contribution in [0.1, 0.15) is 41.3 Å². The average Bonchev–Trinajstić information content (AvgIpc) is 2.93. The SMILES string of the molecule is CCCc1nc(CNC(=O)c2ccn(CC)c(=O)c2)cs1. The van der Waals surface area contributed by atoms with E-state index < -0.39 is 0 Å². The number of carbonyl (C=O) groups is 1. The number of aromatic nitrogens is 2. The van der Waals surface area contributed by atoms with Gasteiger partial charge in [0.05, 0.1) is 17.2 Å².